The molecule has 0 spiro atoms. The second kappa shape index (κ2) is 4.17. The number of carbonyl (C=O) groups excluding carboxylic acids is 1. The molecule has 0 radical (unpaired) electrons. The second-order valence-corrected chi connectivity index (χ2v) is 4.28. The number of amides is 1. The number of hydrogen-bond acceptors (Lipinski definition) is 4. The molecule has 5 nitrogen and oxygen atoms in total. The van der Waals surface area contributed by atoms with E-state index in [0.717, 1.165) is 6.42 Å². The molecule has 1 heterocycles. The molecular weight excluding hydrogens is 206 g/mol. The van der Waals surface area contributed by atoms with Crippen molar-refractivity contribution in [1.29, 1.82) is 0 Å². The third-order valence-electron chi connectivity index (χ3n) is 3.13. The third-order valence-corrected chi connectivity index (χ3v) is 3.13. The summed E-state index contributed by atoms with van der Waals surface area (Å²) in [6.07, 6.45) is 6.16. The van der Waals surface area contributed by atoms with E-state index in [1.165, 1.54) is 18.7 Å². The molecule has 86 valence electrons. The van der Waals surface area contributed by atoms with Crippen LogP contribution < -0.4 is 5.32 Å². The Morgan fingerprint density at radius 1 is 1.56 bits per heavy atom. The Morgan fingerprint density at radius 2 is 2.19 bits per heavy atom. The first-order valence-corrected chi connectivity index (χ1v) is 5.41. The first-order valence-electron chi connectivity index (χ1n) is 5.41. The van der Waals surface area contributed by atoms with E-state index in [9.17, 15) is 9.90 Å². The molecule has 16 heavy (non-hydrogen) atoms. The molecule has 0 bridgehead atoms. The zero-order valence-corrected chi connectivity index (χ0v) is 9.18. The molecule has 1 saturated carbocycles. The van der Waals surface area contributed by atoms with Gasteiger partial charge in [-0.25, -0.2) is 9.97 Å². The first kappa shape index (κ1) is 11.0. The van der Waals surface area contributed by atoms with Crippen LogP contribution in [0.5, 0.6) is 0 Å². The second-order valence-electron chi connectivity index (χ2n) is 4.28. The van der Waals surface area contributed by atoms with Crippen LogP contribution in [0.2, 0.25) is 0 Å². The lowest BCUT2D eigenvalue weighted by molar-refractivity contribution is 0.00167. The number of rotatable bonds is 3. The van der Waals surface area contributed by atoms with Crippen molar-refractivity contribution in [2.24, 2.45) is 0 Å². The molecule has 1 amide bonds. The summed E-state index contributed by atoms with van der Waals surface area (Å²) in [6.45, 7) is 2.01. The number of aliphatic hydroxyl groups is 1. The van der Waals surface area contributed by atoms with Crippen molar-refractivity contribution in [1.82, 2.24) is 15.3 Å². The molecule has 0 aliphatic heterocycles. The molecule has 0 unspecified atom stereocenters. The van der Waals surface area contributed by atoms with Crippen molar-refractivity contribution >= 4 is 5.91 Å². The van der Waals surface area contributed by atoms with Gasteiger partial charge < -0.3 is 10.4 Å². The molecule has 0 saturated heterocycles. The van der Waals surface area contributed by atoms with E-state index in [0.29, 0.717) is 18.4 Å². The molecule has 1 aromatic heterocycles. The van der Waals surface area contributed by atoms with Gasteiger partial charge in [-0.1, -0.05) is 6.92 Å². The normalized spacial score (nSPS) is 28.2. The van der Waals surface area contributed by atoms with Crippen LogP contribution in [0.15, 0.2) is 18.7 Å². The van der Waals surface area contributed by atoms with Crippen LogP contribution >= 0.6 is 0 Å². The van der Waals surface area contributed by atoms with Gasteiger partial charge in [0.1, 0.15) is 6.33 Å². The summed E-state index contributed by atoms with van der Waals surface area (Å²) in [5.41, 5.74) is 0.212. The molecular formula is C11H15N3O2. The van der Waals surface area contributed by atoms with Gasteiger partial charge in [-0.05, 0) is 19.3 Å². The Labute approximate surface area is 93.9 Å². The topological polar surface area (TPSA) is 75.1 Å². The van der Waals surface area contributed by atoms with E-state index < -0.39 is 0 Å². The SMILES string of the molecule is CCC1(NC(=O)c2cncnc2)CC(O)C1. The van der Waals surface area contributed by atoms with Gasteiger partial charge in [0.25, 0.3) is 5.91 Å². The molecule has 1 aliphatic rings. The van der Waals surface area contributed by atoms with Crippen LogP contribution in [0.4, 0.5) is 0 Å². The molecule has 1 fully saturated rings. The van der Waals surface area contributed by atoms with Crippen LogP contribution in [0.1, 0.15) is 36.5 Å². The maximum Gasteiger partial charge on any atom is 0.254 e. The largest absolute Gasteiger partial charge is 0.393 e. The van der Waals surface area contributed by atoms with E-state index in [-0.39, 0.29) is 17.6 Å². The predicted octanol–water partition coefficient (Wildman–Crippen LogP) is 0.510. The quantitative estimate of drug-likeness (QED) is 0.779. The zero-order chi connectivity index (χ0) is 11.6. The van der Waals surface area contributed by atoms with E-state index in [2.05, 4.69) is 15.3 Å². The smallest absolute Gasteiger partial charge is 0.254 e. The van der Waals surface area contributed by atoms with Crippen molar-refractivity contribution in [3.05, 3.63) is 24.3 Å². The third kappa shape index (κ3) is 2.04. The van der Waals surface area contributed by atoms with Gasteiger partial charge in [-0.2, -0.15) is 0 Å². The monoisotopic (exact) mass is 221 g/mol. The van der Waals surface area contributed by atoms with E-state index in [4.69, 9.17) is 0 Å². The molecule has 5 heteroatoms. The summed E-state index contributed by atoms with van der Waals surface area (Å²) in [7, 11) is 0. The Morgan fingerprint density at radius 3 is 2.69 bits per heavy atom. The Hall–Kier alpha value is -1.49. The maximum absolute atomic E-state index is 11.8. The fourth-order valence-corrected chi connectivity index (χ4v) is 2.05. The Bertz CT molecular complexity index is 374. The average Bonchev–Trinajstić information content (AvgIpc) is 2.27. The van der Waals surface area contributed by atoms with Gasteiger partial charge >= 0.3 is 0 Å². The summed E-state index contributed by atoms with van der Waals surface area (Å²) in [6, 6.07) is 0. The number of aromatic nitrogens is 2. The fourth-order valence-electron chi connectivity index (χ4n) is 2.05. The van der Waals surface area contributed by atoms with E-state index in [1.54, 1.807) is 0 Å². The van der Waals surface area contributed by atoms with Crippen LogP contribution in [-0.4, -0.2) is 32.6 Å². The minimum absolute atomic E-state index is 0.172. The lowest BCUT2D eigenvalue weighted by Gasteiger charge is -2.45. The van der Waals surface area contributed by atoms with Crippen molar-refractivity contribution < 1.29 is 9.90 Å². The van der Waals surface area contributed by atoms with Crippen molar-refractivity contribution in [3.8, 4) is 0 Å². The minimum atomic E-state index is -0.285. The van der Waals surface area contributed by atoms with Gasteiger partial charge in [-0.15, -0.1) is 0 Å². The fraction of sp³-hybridized carbons (Fsp3) is 0.545. The van der Waals surface area contributed by atoms with Crippen LogP contribution in [0, 0.1) is 0 Å². The highest BCUT2D eigenvalue weighted by molar-refractivity contribution is 5.94. The lowest BCUT2D eigenvalue weighted by Crippen LogP contribution is -2.59. The average molecular weight is 221 g/mol. The van der Waals surface area contributed by atoms with Crippen molar-refractivity contribution in [3.63, 3.8) is 0 Å². The molecule has 1 aromatic rings. The number of carbonyl (C=O) groups is 1. The van der Waals surface area contributed by atoms with E-state index >= 15 is 0 Å². The van der Waals surface area contributed by atoms with E-state index in [1.807, 2.05) is 6.92 Å². The number of aliphatic hydroxyl groups excluding tert-OH is 1. The Balaban J connectivity index is 2.02. The summed E-state index contributed by atoms with van der Waals surface area (Å²) < 4.78 is 0. The first-order chi connectivity index (χ1) is 7.65. The van der Waals surface area contributed by atoms with Crippen LogP contribution in [-0.2, 0) is 0 Å². The zero-order valence-electron chi connectivity index (χ0n) is 9.18. The van der Waals surface area contributed by atoms with Gasteiger partial charge in [0, 0.05) is 17.9 Å². The Kier molecular flexibility index (Phi) is 2.87. The highest BCUT2D eigenvalue weighted by Crippen LogP contribution is 2.35. The molecule has 0 aromatic carbocycles. The summed E-state index contributed by atoms with van der Waals surface area (Å²) >= 11 is 0. The minimum Gasteiger partial charge on any atom is -0.393 e. The summed E-state index contributed by atoms with van der Waals surface area (Å²) in [5, 5.41) is 12.3. The standard InChI is InChI=1S/C11H15N3O2/c1-2-11(3-9(15)4-11)14-10(16)8-5-12-7-13-6-8/h5-7,9,15H,2-4H2,1H3,(H,14,16). The molecule has 2 N–H and O–H groups in total. The molecule has 0 atom stereocenters. The lowest BCUT2D eigenvalue weighted by atomic mass is 9.72. The van der Waals surface area contributed by atoms with Crippen LogP contribution in [0.25, 0.3) is 0 Å². The van der Waals surface area contributed by atoms with Gasteiger partial charge in [0.05, 0.1) is 11.7 Å². The van der Waals surface area contributed by atoms with Gasteiger partial charge in [0.2, 0.25) is 0 Å². The van der Waals surface area contributed by atoms with Crippen LogP contribution in [0.3, 0.4) is 0 Å². The summed E-state index contributed by atoms with van der Waals surface area (Å²) in [4.78, 5) is 19.4. The predicted molar refractivity (Wildman–Crippen MR) is 57.8 cm³/mol. The number of nitrogens with zero attached hydrogens (tertiary/aromatic N) is 2. The highest BCUT2D eigenvalue weighted by atomic mass is 16.3. The molecule has 1 aliphatic carbocycles. The van der Waals surface area contributed by atoms with Gasteiger partial charge in [-0.3, -0.25) is 4.79 Å². The molecule has 2 rings (SSSR count). The number of hydrogen-bond donors (Lipinski definition) is 2. The van der Waals surface area contributed by atoms with Crippen molar-refractivity contribution in [2.45, 2.75) is 37.8 Å². The van der Waals surface area contributed by atoms with Gasteiger partial charge in [0.15, 0.2) is 0 Å². The van der Waals surface area contributed by atoms with Crippen molar-refractivity contribution in [2.75, 3.05) is 0 Å². The number of nitrogens with one attached hydrogen (secondary N) is 1. The maximum atomic E-state index is 11.8. The summed E-state index contributed by atoms with van der Waals surface area (Å²) in [5.74, 6) is -0.172. The highest BCUT2D eigenvalue weighted by Gasteiger charge is 2.43.